The van der Waals surface area contributed by atoms with Crippen LogP contribution < -0.4 is 5.32 Å². The summed E-state index contributed by atoms with van der Waals surface area (Å²) in [6.07, 6.45) is 5.58. The summed E-state index contributed by atoms with van der Waals surface area (Å²) in [7, 11) is 0. The van der Waals surface area contributed by atoms with Crippen molar-refractivity contribution in [3.8, 4) is 0 Å². The summed E-state index contributed by atoms with van der Waals surface area (Å²) in [4.78, 5) is 24.2. The number of amides is 1. The molecule has 4 rings (SSSR count). The Kier molecular flexibility index (Phi) is 4.00. The number of furan rings is 1. The second kappa shape index (κ2) is 6.19. The smallest absolute Gasteiger partial charge is 0.329 e. The average molecular weight is 343 g/mol. The molecule has 6 nitrogen and oxygen atoms in total. The number of hydrogen-bond donors (Lipinski definition) is 2. The van der Waals surface area contributed by atoms with Crippen molar-refractivity contribution in [1.82, 2.24) is 5.32 Å². The molecular weight excluding hydrogens is 322 g/mol. The Bertz CT molecular complexity index is 832. The maximum atomic E-state index is 12.5. The van der Waals surface area contributed by atoms with Crippen molar-refractivity contribution in [2.45, 2.75) is 44.1 Å². The van der Waals surface area contributed by atoms with E-state index >= 15 is 0 Å². The first-order chi connectivity index (χ1) is 12.1. The summed E-state index contributed by atoms with van der Waals surface area (Å²) < 4.78 is 10.9. The van der Waals surface area contributed by atoms with Gasteiger partial charge in [0.05, 0.1) is 12.7 Å². The topological polar surface area (TPSA) is 88.8 Å². The molecule has 2 aromatic rings. The Hall–Kier alpha value is -2.34. The van der Waals surface area contributed by atoms with Crippen molar-refractivity contribution in [2.24, 2.45) is 0 Å². The van der Waals surface area contributed by atoms with E-state index in [0.717, 1.165) is 35.8 Å². The van der Waals surface area contributed by atoms with E-state index in [9.17, 15) is 14.7 Å². The first kappa shape index (κ1) is 16.1. The number of aryl methyl sites for hydroxylation is 2. The lowest BCUT2D eigenvalue weighted by Crippen LogP contribution is -2.57. The molecule has 25 heavy (non-hydrogen) atoms. The summed E-state index contributed by atoms with van der Waals surface area (Å²) in [5.74, 6) is -1.30. The second-order valence-electron chi connectivity index (χ2n) is 6.96. The molecule has 1 fully saturated rings. The molecule has 2 heterocycles. The molecule has 1 amide bonds. The minimum atomic E-state index is -1.23. The zero-order valence-electron chi connectivity index (χ0n) is 14.0. The van der Waals surface area contributed by atoms with Gasteiger partial charge in [0.2, 0.25) is 5.91 Å². The van der Waals surface area contributed by atoms with Crippen LogP contribution in [0.3, 0.4) is 0 Å². The normalized spacial score (nSPS) is 18.9. The van der Waals surface area contributed by atoms with Crippen LogP contribution in [0.4, 0.5) is 0 Å². The van der Waals surface area contributed by atoms with Crippen LogP contribution in [0.1, 0.15) is 36.0 Å². The fraction of sp³-hybridized carbons (Fsp3) is 0.474. The van der Waals surface area contributed by atoms with Crippen molar-refractivity contribution in [3.63, 3.8) is 0 Å². The van der Waals surface area contributed by atoms with Crippen LogP contribution in [0.15, 0.2) is 22.8 Å². The molecule has 1 aliphatic carbocycles. The Labute approximate surface area is 145 Å². The first-order valence-electron chi connectivity index (χ1n) is 8.71. The highest BCUT2D eigenvalue weighted by molar-refractivity contribution is 5.91. The Morgan fingerprint density at radius 3 is 2.60 bits per heavy atom. The summed E-state index contributed by atoms with van der Waals surface area (Å²) in [5, 5.41) is 13.2. The molecule has 0 atom stereocenters. The maximum absolute atomic E-state index is 12.5. The highest BCUT2D eigenvalue weighted by atomic mass is 16.5. The molecule has 0 saturated carbocycles. The van der Waals surface area contributed by atoms with E-state index in [1.807, 2.05) is 0 Å². The van der Waals surface area contributed by atoms with Gasteiger partial charge in [-0.2, -0.15) is 0 Å². The maximum Gasteiger partial charge on any atom is 0.329 e. The molecule has 6 heteroatoms. The van der Waals surface area contributed by atoms with Crippen LogP contribution in [0, 0.1) is 0 Å². The van der Waals surface area contributed by atoms with Crippen LogP contribution in [-0.4, -0.2) is 35.7 Å². The van der Waals surface area contributed by atoms with Crippen LogP contribution in [0.25, 0.3) is 11.0 Å². The van der Waals surface area contributed by atoms with E-state index in [0.29, 0.717) is 13.2 Å². The predicted molar refractivity (Wildman–Crippen MR) is 90.5 cm³/mol. The quantitative estimate of drug-likeness (QED) is 0.888. The molecule has 132 valence electrons. The molecule has 0 spiro atoms. The van der Waals surface area contributed by atoms with Gasteiger partial charge >= 0.3 is 5.97 Å². The molecule has 2 N–H and O–H groups in total. The lowest BCUT2D eigenvalue weighted by Gasteiger charge is -2.33. The third-order valence-corrected chi connectivity index (χ3v) is 5.35. The van der Waals surface area contributed by atoms with Crippen LogP contribution in [0.2, 0.25) is 0 Å². The van der Waals surface area contributed by atoms with Crippen LogP contribution in [-0.2, 0) is 33.6 Å². The van der Waals surface area contributed by atoms with Crippen molar-refractivity contribution in [3.05, 3.63) is 35.1 Å². The molecule has 0 radical (unpaired) electrons. The SMILES string of the molecule is O=C(Cc1coc2cc3c(cc12)CCC3)NC1(C(=O)O)CCOCC1. The zero-order chi connectivity index (χ0) is 17.4. The number of ether oxygens (including phenoxy) is 1. The van der Waals surface area contributed by atoms with Gasteiger partial charge in [0, 0.05) is 37.0 Å². The number of rotatable bonds is 4. The number of hydrogen-bond acceptors (Lipinski definition) is 4. The van der Waals surface area contributed by atoms with Gasteiger partial charge in [-0.3, -0.25) is 4.79 Å². The van der Waals surface area contributed by atoms with Gasteiger partial charge in [0.15, 0.2) is 0 Å². The van der Waals surface area contributed by atoms with E-state index in [2.05, 4.69) is 17.4 Å². The summed E-state index contributed by atoms with van der Waals surface area (Å²) in [6.45, 7) is 0.681. The molecule has 2 aliphatic rings. The van der Waals surface area contributed by atoms with Crippen molar-refractivity contribution in [2.75, 3.05) is 13.2 Å². The number of aliphatic carboxylic acids is 1. The van der Waals surface area contributed by atoms with E-state index in [4.69, 9.17) is 9.15 Å². The summed E-state index contributed by atoms with van der Waals surface area (Å²) in [6, 6.07) is 4.18. The predicted octanol–water partition coefficient (Wildman–Crippen LogP) is 2.21. The number of benzene rings is 1. The Morgan fingerprint density at radius 1 is 1.16 bits per heavy atom. The van der Waals surface area contributed by atoms with E-state index in [1.165, 1.54) is 11.1 Å². The lowest BCUT2D eigenvalue weighted by molar-refractivity contribution is -0.152. The van der Waals surface area contributed by atoms with Gasteiger partial charge in [-0.25, -0.2) is 4.79 Å². The molecule has 1 aromatic heterocycles. The fourth-order valence-electron chi connectivity index (χ4n) is 3.88. The van der Waals surface area contributed by atoms with E-state index in [1.54, 1.807) is 6.26 Å². The van der Waals surface area contributed by atoms with E-state index in [-0.39, 0.29) is 25.2 Å². The second-order valence-corrected chi connectivity index (χ2v) is 6.96. The highest BCUT2D eigenvalue weighted by Crippen LogP contribution is 2.30. The standard InChI is InChI=1S/C19H21NO5/c21-17(20-19(18(22)23)4-6-24-7-5-19)10-14-11-25-16-9-13-3-1-2-12(13)8-15(14)16/h8-9,11H,1-7,10H2,(H,20,21)(H,22,23). The number of fused-ring (bicyclic) bond motifs is 2. The zero-order valence-corrected chi connectivity index (χ0v) is 14.0. The van der Waals surface area contributed by atoms with Gasteiger partial charge in [-0.1, -0.05) is 0 Å². The minimum absolute atomic E-state index is 0.113. The Balaban J connectivity index is 1.54. The average Bonchev–Trinajstić information content (AvgIpc) is 3.20. The number of carbonyl (C=O) groups is 2. The third kappa shape index (κ3) is 2.91. The molecule has 1 aromatic carbocycles. The largest absolute Gasteiger partial charge is 0.480 e. The molecule has 0 unspecified atom stereocenters. The van der Waals surface area contributed by atoms with Crippen LogP contribution in [0.5, 0.6) is 0 Å². The lowest BCUT2D eigenvalue weighted by atomic mass is 9.89. The molecule has 1 aliphatic heterocycles. The number of carboxylic acid groups (broad SMARTS) is 1. The van der Waals surface area contributed by atoms with Gasteiger partial charge in [0.25, 0.3) is 0 Å². The van der Waals surface area contributed by atoms with Gasteiger partial charge in [-0.15, -0.1) is 0 Å². The molecule has 1 saturated heterocycles. The molecular formula is C19H21NO5. The Morgan fingerprint density at radius 2 is 1.88 bits per heavy atom. The third-order valence-electron chi connectivity index (χ3n) is 5.35. The first-order valence-corrected chi connectivity index (χ1v) is 8.71. The molecule has 0 bridgehead atoms. The van der Waals surface area contributed by atoms with Gasteiger partial charge in [-0.05, 0) is 42.5 Å². The number of carboxylic acids is 1. The van der Waals surface area contributed by atoms with Crippen molar-refractivity contribution >= 4 is 22.8 Å². The number of nitrogens with one attached hydrogen (secondary N) is 1. The van der Waals surface area contributed by atoms with Crippen molar-refractivity contribution in [1.29, 1.82) is 0 Å². The number of carbonyl (C=O) groups excluding carboxylic acids is 1. The minimum Gasteiger partial charge on any atom is -0.480 e. The fourth-order valence-corrected chi connectivity index (χ4v) is 3.88. The van der Waals surface area contributed by atoms with Crippen LogP contribution >= 0.6 is 0 Å². The summed E-state index contributed by atoms with van der Waals surface area (Å²) in [5.41, 5.74) is 3.01. The van der Waals surface area contributed by atoms with Gasteiger partial charge in [0.1, 0.15) is 11.1 Å². The van der Waals surface area contributed by atoms with E-state index < -0.39 is 11.5 Å². The summed E-state index contributed by atoms with van der Waals surface area (Å²) >= 11 is 0. The van der Waals surface area contributed by atoms with Gasteiger partial charge < -0.3 is 19.6 Å². The highest BCUT2D eigenvalue weighted by Gasteiger charge is 2.41. The van der Waals surface area contributed by atoms with Crippen molar-refractivity contribution < 1.29 is 23.8 Å². The monoisotopic (exact) mass is 343 g/mol.